The summed E-state index contributed by atoms with van der Waals surface area (Å²) < 4.78 is 37.8. The van der Waals surface area contributed by atoms with Gasteiger partial charge in [-0.1, -0.05) is 70.6 Å². The number of aliphatic imine (C=N–C) groups is 2. The molecule has 0 atom stereocenters. The zero-order valence-corrected chi connectivity index (χ0v) is 52.5. The number of fused-ring (bicyclic) bond motifs is 10. The van der Waals surface area contributed by atoms with Crippen LogP contribution in [0.1, 0.15) is 11.1 Å². The summed E-state index contributed by atoms with van der Waals surface area (Å²) in [5, 5.41) is 3.51. The standard InChI is InChI=1S/C66H48BClN6O6S6/c1-75-37-7-19-43(20-8-37)81-49-35-50-56(55(36-49)86-48-29-17-42(80-6)18-30-48)64-70-61-57-51(82-44-21-9-38(76-2)10-22-44)31-32-52(83-45-23-11-39(77-3)12-24-45)58(57)62(69-61)71-65-59-53(84-46-25-13-40(78-4)14-26-46)33-34-54(85-47-27-15-41(79-5)16-28-47)60(59)66-72-63(50)73(64)67(68)74(65)66/h7-36H,1-6H3. The first-order valence-corrected chi connectivity index (χ1v) is 32.3. The maximum Gasteiger partial charge on any atom is 0.499 e. The van der Waals surface area contributed by atoms with Crippen molar-refractivity contribution in [3.63, 3.8) is 0 Å². The molecule has 9 aromatic carbocycles. The predicted molar refractivity (Wildman–Crippen MR) is 350 cm³/mol. The lowest BCUT2D eigenvalue weighted by atomic mass is 10.1. The Morgan fingerprint density at radius 1 is 0.314 bits per heavy atom. The third-order valence-corrected chi connectivity index (χ3v) is 21.3. The predicted octanol–water partition coefficient (Wildman–Crippen LogP) is 16.9. The number of aromatic nitrogens is 2. The van der Waals surface area contributed by atoms with Gasteiger partial charge in [-0.25, -0.2) is 20.0 Å². The van der Waals surface area contributed by atoms with E-state index >= 15 is 0 Å². The average molecular weight is 1260 g/mol. The van der Waals surface area contributed by atoms with E-state index in [1.165, 1.54) is 0 Å². The highest BCUT2D eigenvalue weighted by Crippen LogP contribution is 2.51. The first-order valence-electron chi connectivity index (χ1n) is 26.9. The minimum atomic E-state index is -0.924. The summed E-state index contributed by atoms with van der Waals surface area (Å²) in [5.41, 5.74) is 2.95. The number of hydrogen-bond donors (Lipinski definition) is 0. The van der Waals surface area contributed by atoms with Gasteiger partial charge in [-0.3, -0.25) is 0 Å². The van der Waals surface area contributed by atoms with E-state index in [9.17, 15) is 0 Å². The second-order valence-electron chi connectivity index (χ2n) is 19.6. The van der Waals surface area contributed by atoms with E-state index < -0.39 is 6.40 Å². The van der Waals surface area contributed by atoms with E-state index in [1.807, 2.05) is 72.8 Å². The van der Waals surface area contributed by atoms with E-state index in [2.05, 4.69) is 118 Å². The van der Waals surface area contributed by atoms with Gasteiger partial charge in [0, 0.05) is 91.4 Å². The third kappa shape index (κ3) is 10.6. The minimum Gasteiger partial charge on any atom is -0.497 e. The molecule has 0 unspecified atom stereocenters. The molecule has 12 nitrogen and oxygen atoms in total. The van der Waals surface area contributed by atoms with E-state index in [4.69, 9.17) is 59.9 Å². The molecule has 0 aliphatic carbocycles. The Bertz CT molecular complexity index is 4660. The van der Waals surface area contributed by atoms with Crippen LogP contribution in [0.5, 0.6) is 34.5 Å². The highest BCUT2D eigenvalue weighted by Gasteiger charge is 2.39. The van der Waals surface area contributed by atoms with E-state index in [-0.39, 0.29) is 0 Å². The Hall–Kier alpha value is -7.75. The van der Waals surface area contributed by atoms with Gasteiger partial charge in [-0.2, -0.15) is 0 Å². The Balaban J connectivity index is 1.11. The minimum absolute atomic E-state index is 0.493. The van der Waals surface area contributed by atoms with Crippen LogP contribution in [-0.2, 0) is 0 Å². The zero-order valence-electron chi connectivity index (χ0n) is 46.9. The molecule has 0 fully saturated rings. The van der Waals surface area contributed by atoms with Gasteiger partial charge in [-0.05, 0) is 182 Å². The molecule has 0 saturated heterocycles. The van der Waals surface area contributed by atoms with Gasteiger partial charge in [-0.15, -0.1) is 11.5 Å². The first kappa shape index (κ1) is 56.1. The van der Waals surface area contributed by atoms with Gasteiger partial charge >= 0.3 is 6.40 Å². The maximum absolute atomic E-state index is 8.35. The van der Waals surface area contributed by atoms with Crippen molar-refractivity contribution in [2.75, 3.05) is 42.7 Å². The van der Waals surface area contributed by atoms with E-state index in [0.717, 1.165) is 126 Å². The molecule has 14 rings (SSSR count). The van der Waals surface area contributed by atoms with Crippen molar-refractivity contribution >= 4 is 133 Å². The summed E-state index contributed by atoms with van der Waals surface area (Å²) in [6.45, 7) is 0. The molecule has 11 aromatic rings. The number of methoxy groups -OCH3 is 6. The highest BCUT2D eigenvalue weighted by molar-refractivity contribution is 8.01. The van der Waals surface area contributed by atoms with Crippen molar-refractivity contribution in [3.05, 3.63) is 204 Å². The van der Waals surface area contributed by atoms with Gasteiger partial charge in [0.1, 0.15) is 57.1 Å². The SMILES string of the molecule is COc1ccc(Sc2cc(Sc3ccc(OC)cc3)c3c4n5c(c3c2)N=c2c3c(Sc6ccc(OC)cc6)ccc(Sc6ccc(OC)cc6)c3c(n2B5Cl)=NC2=NC(=N4)c3c(Sc4ccc(OC)cc4)ccc(Sc4ccc(OC)cc4)c32)cc1. The van der Waals surface area contributed by atoms with Crippen LogP contribution in [0.15, 0.2) is 261 Å². The maximum atomic E-state index is 8.35. The average Bonchev–Trinajstić information content (AvgIpc) is 1.55. The molecule has 86 heavy (non-hydrogen) atoms. The molecule has 20 heteroatoms. The summed E-state index contributed by atoms with van der Waals surface area (Å²) in [4.78, 5) is 35.1. The van der Waals surface area contributed by atoms with Crippen molar-refractivity contribution in [3.8, 4) is 34.5 Å². The summed E-state index contributed by atoms with van der Waals surface area (Å²) >= 11 is 18.2. The van der Waals surface area contributed by atoms with Crippen LogP contribution in [-0.4, -0.2) is 69.7 Å². The van der Waals surface area contributed by atoms with Crippen molar-refractivity contribution in [1.29, 1.82) is 0 Å². The summed E-state index contributed by atoms with van der Waals surface area (Å²) in [6, 6.07) is 61.9. The molecule has 4 bridgehead atoms. The largest absolute Gasteiger partial charge is 0.499 e. The summed E-state index contributed by atoms with van der Waals surface area (Å²) in [7, 11) is 10.1. The lowest BCUT2D eigenvalue weighted by Gasteiger charge is -2.18. The van der Waals surface area contributed by atoms with Crippen LogP contribution in [0.25, 0.3) is 21.5 Å². The lowest BCUT2D eigenvalue weighted by molar-refractivity contribution is 0.414. The molecule has 0 saturated carbocycles. The number of benzene rings is 9. The Morgan fingerprint density at radius 3 is 1.05 bits per heavy atom. The van der Waals surface area contributed by atoms with Crippen LogP contribution in [0.2, 0.25) is 0 Å². The molecule has 3 aliphatic heterocycles. The molecule has 0 radical (unpaired) electrons. The van der Waals surface area contributed by atoms with Gasteiger partial charge < -0.3 is 37.4 Å². The van der Waals surface area contributed by atoms with Crippen molar-refractivity contribution in [1.82, 2.24) is 8.96 Å². The Morgan fingerprint density at radius 2 is 0.651 bits per heavy atom. The molecule has 424 valence electrons. The molecule has 0 spiro atoms. The van der Waals surface area contributed by atoms with Crippen LogP contribution in [0.4, 0.5) is 11.6 Å². The van der Waals surface area contributed by atoms with E-state index in [1.54, 1.807) is 113 Å². The molecular formula is C66H48BClN6O6S6. The third-order valence-electron chi connectivity index (χ3n) is 14.6. The number of hydrogen-bond acceptors (Lipinski definition) is 16. The topological polar surface area (TPSA) is 115 Å². The lowest BCUT2D eigenvalue weighted by Crippen LogP contribution is -2.45. The van der Waals surface area contributed by atoms with Crippen LogP contribution < -0.4 is 39.4 Å². The Labute approximate surface area is 526 Å². The van der Waals surface area contributed by atoms with Crippen molar-refractivity contribution < 1.29 is 28.4 Å². The number of nitrogens with zero attached hydrogens (tertiary/aromatic N) is 6. The molecule has 2 aromatic heterocycles. The Kier molecular flexibility index (Phi) is 15.6. The number of amidine groups is 2. The molecule has 0 amide bonds. The number of halogens is 1. The first-order chi connectivity index (χ1) is 42.2. The fourth-order valence-electron chi connectivity index (χ4n) is 10.5. The molecule has 3 aliphatic rings. The second kappa shape index (κ2) is 23.8. The van der Waals surface area contributed by atoms with E-state index in [0.29, 0.717) is 34.3 Å². The smallest absolute Gasteiger partial charge is 0.497 e. The normalized spacial score (nSPS) is 12.7. The zero-order chi connectivity index (χ0) is 58.6. The van der Waals surface area contributed by atoms with Gasteiger partial charge in [0.05, 0.1) is 42.7 Å². The van der Waals surface area contributed by atoms with Gasteiger partial charge in [0.15, 0.2) is 11.7 Å². The van der Waals surface area contributed by atoms with Crippen LogP contribution in [0.3, 0.4) is 0 Å². The molecular weight excluding hydrogens is 1210 g/mol. The second-order valence-corrected chi connectivity index (χ2v) is 26.7. The van der Waals surface area contributed by atoms with Crippen LogP contribution in [0, 0.1) is 0 Å². The fourth-order valence-corrected chi connectivity index (χ4v) is 16.6. The monoisotopic (exact) mass is 1260 g/mol. The van der Waals surface area contributed by atoms with Gasteiger partial charge in [0.2, 0.25) is 0 Å². The molecule has 5 heterocycles. The highest BCUT2D eigenvalue weighted by atomic mass is 35.5. The van der Waals surface area contributed by atoms with Crippen molar-refractivity contribution in [2.45, 2.75) is 58.7 Å². The fraction of sp³-hybridized carbons (Fsp3) is 0.0909. The van der Waals surface area contributed by atoms with Crippen molar-refractivity contribution in [2.24, 2.45) is 20.0 Å². The molecule has 0 N–H and O–H groups in total. The summed E-state index contributed by atoms with van der Waals surface area (Å²) in [6.07, 6.45) is -0.924. The number of ether oxygens (including phenoxy) is 6. The van der Waals surface area contributed by atoms with Crippen LogP contribution >= 0.6 is 82.0 Å². The quantitative estimate of drug-likeness (QED) is 0.0762. The van der Waals surface area contributed by atoms with Gasteiger partial charge in [0.25, 0.3) is 0 Å². The summed E-state index contributed by atoms with van der Waals surface area (Å²) in [5.74, 6) is 6.86. The number of rotatable bonds is 18.